The second kappa shape index (κ2) is 7.75. The highest BCUT2D eigenvalue weighted by atomic mass is 32.2. The lowest BCUT2D eigenvalue weighted by Gasteiger charge is -2.21. The molecule has 9 heteroatoms. The summed E-state index contributed by atoms with van der Waals surface area (Å²) in [4.78, 5) is 1.86. The summed E-state index contributed by atoms with van der Waals surface area (Å²) in [6.07, 6.45) is 0. The van der Waals surface area contributed by atoms with Gasteiger partial charge in [0.15, 0.2) is 0 Å². The van der Waals surface area contributed by atoms with Crippen LogP contribution in [0.4, 0.5) is 5.69 Å². The third-order valence-electron chi connectivity index (χ3n) is 3.95. The zero-order valence-electron chi connectivity index (χ0n) is 15.0. The van der Waals surface area contributed by atoms with Crippen LogP contribution < -0.4 is 10.0 Å². The van der Waals surface area contributed by atoms with E-state index >= 15 is 0 Å². The van der Waals surface area contributed by atoms with Crippen LogP contribution in [0, 0.1) is 0 Å². The molecule has 0 aromatic heterocycles. The molecular weight excluding hydrogens is 374 g/mol. The van der Waals surface area contributed by atoms with Crippen molar-refractivity contribution in [2.45, 2.75) is 23.3 Å². The van der Waals surface area contributed by atoms with Gasteiger partial charge in [-0.15, -0.1) is 0 Å². The molecule has 0 bridgehead atoms. The van der Waals surface area contributed by atoms with E-state index in [9.17, 15) is 16.8 Å². The maximum Gasteiger partial charge on any atom is 0.243 e. The summed E-state index contributed by atoms with van der Waals surface area (Å²) in [5.41, 5.74) is 1.89. The van der Waals surface area contributed by atoms with Crippen LogP contribution in [0.15, 0.2) is 58.3 Å². The monoisotopic (exact) mass is 397 g/mol. The number of benzene rings is 2. The van der Waals surface area contributed by atoms with E-state index in [0.29, 0.717) is 0 Å². The first-order valence-corrected chi connectivity index (χ1v) is 10.9. The van der Waals surface area contributed by atoms with E-state index in [1.54, 1.807) is 6.92 Å². The van der Waals surface area contributed by atoms with Crippen molar-refractivity contribution in [1.82, 2.24) is 4.31 Å². The highest BCUT2D eigenvalue weighted by molar-refractivity contribution is 7.89. The van der Waals surface area contributed by atoms with E-state index in [4.69, 9.17) is 5.14 Å². The molecule has 0 spiro atoms. The van der Waals surface area contributed by atoms with Gasteiger partial charge in [-0.25, -0.2) is 22.0 Å². The minimum Gasteiger partial charge on any atom is -0.378 e. The Hall–Kier alpha value is -1.94. The summed E-state index contributed by atoms with van der Waals surface area (Å²) in [7, 11) is -3.75. The topological polar surface area (TPSA) is 101 Å². The quantitative estimate of drug-likeness (QED) is 0.765. The van der Waals surface area contributed by atoms with E-state index in [2.05, 4.69) is 0 Å². The molecule has 0 saturated heterocycles. The van der Waals surface area contributed by atoms with Crippen LogP contribution in [0.2, 0.25) is 0 Å². The van der Waals surface area contributed by atoms with Crippen LogP contribution in [0.1, 0.15) is 12.5 Å². The van der Waals surface area contributed by atoms with Gasteiger partial charge in [0.1, 0.15) is 0 Å². The van der Waals surface area contributed by atoms with Crippen molar-refractivity contribution in [3.8, 4) is 0 Å². The molecule has 0 amide bonds. The molecule has 142 valence electrons. The van der Waals surface area contributed by atoms with Gasteiger partial charge in [-0.1, -0.05) is 19.1 Å². The van der Waals surface area contributed by atoms with Crippen LogP contribution >= 0.6 is 0 Å². The number of anilines is 1. The molecule has 2 aromatic carbocycles. The maximum absolute atomic E-state index is 12.8. The molecule has 7 nitrogen and oxygen atoms in total. The molecule has 0 aliphatic heterocycles. The molecule has 0 unspecified atom stereocenters. The third kappa shape index (κ3) is 4.61. The fourth-order valence-corrected chi connectivity index (χ4v) is 4.37. The summed E-state index contributed by atoms with van der Waals surface area (Å²) in [6, 6.07) is 12.5. The van der Waals surface area contributed by atoms with Crippen LogP contribution in [0.25, 0.3) is 0 Å². The van der Waals surface area contributed by atoms with Crippen LogP contribution in [-0.2, 0) is 26.6 Å². The van der Waals surface area contributed by atoms with Crippen molar-refractivity contribution < 1.29 is 16.8 Å². The van der Waals surface area contributed by atoms with Crippen molar-refractivity contribution >= 4 is 25.7 Å². The van der Waals surface area contributed by atoms with Crippen molar-refractivity contribution in [3.63, 3.8) is 0 Å². The number of nitrogens with zero attached hydrogens (tertiary/aromatic N) is 2. The normalized spacial score (nSPS) is 12.3. The molecule has 0 aliphatic rings. The lowest BCUT2D eigenvalue weighted by molar-refractivity contribution is 0.423. The molecule has 0 saturated carbocycles. The van der Waals surface area contributed by atoms with Gasteiger partial charge < -0.3 is 4.90 Å². The first-order chi connectivity index (χ1) is 12.1. The van der Waals surface area contributed by atoms with Gasteiger partial charge in [-0.2, -0.15) is 4.31 Å². The number of nitrogens with two attached hydrogens (primary N) is 1. The van der Waals surface area contributed by atoms with E-state index in [-0.39, 0.29) is 22.9 Å². The summed E-state index contributed by atoms with van der Waals surface area (Å²) in [5.74, 6) is 0. The Labute approximate surface area is 155 Å². The predicted octanol–water partition coefficient (Wildman–Crippen LogP) is 1.61. The van der Waals surface area contributed by atoms with Gasteiger partial charge >= 0.3 is 0 Å². The predicted molar refractivity (Wildman–Crippen MR) is 102 cm³/mol. The van der Waals surface area contributed by atoms with Crippen molar-refractivity contribution in [1.29, 1.82) is 0 Å². The average Bonchev–Trinajstić information content (AvgIpc) is 2.59. The fourth-order valence-electron chi connectivity index (χ4n) is 2.42. The summed E-state index contributed by atoms with van der Waals surface area (Å²) >= 11 is 0. The van der Waals surface area contributed by atoms with E-state index in [1.165, 1.54) is 28.6 Å². The van der Waals surface area contributed by atoms with E-state index < -0.39 is 20.0 Å². The highest BCUT2D eigenvalue weighted by Crippen LogP contribution is 2.21. The minimum absolute atomic E-state index is 0.0247. The summed E-state index contributed by atoms with van der Waals surface area (Å²) in [6.45, 7) is 2.27. The van der Waals surface area contributed by atoms with E-state index in [1.807, 2.05) is 43.3 Å². The lowest BCUT2D eigenvalue weighted by atomic mass is 10.2. The van der Waals surface area contributed by atoms with Gasteiger partial charge in [0, 0.05) is 32.9 Å². The molecule has 2 aromatic rings. The third-order valence-corrected chi connectivity index (χ3v) is 6.82. The maximum atomic E-state index is 12.8. The van der Waals surface area contributed by atoms with Crippen LogP contribution in [0.3, 0.4) is 0 Å². The lowest BCUT2D eigenvalue weighted by Crippen LogP contribution is -2.30. The fraction of sp³-hybridized carbons (Fsp3) is 0.294. The molecule has 26 heavy (non-hydrogen) atoms. The minimum atomic E-state index is -3.86. The molecule has 0 radical (unpaired) electrons. The summed E-state index contributed by atoms with van der Waals surface area (Å²) < 4.78 is 49.6. The Balaban J connectivity index is 2.27. The smallest absolute Gasteiger partial charge is 0.243 e. The number of sulfonamides is 2. The Kier molecular flexibility index (Phi) is 6.07. The van der Waals surface area contributed by atoms with Gasteiger partial charge in [0.05, 0.1) is 9.79 Å². The van der Waals surface area contributed by atoms with Crippen molar-refractivity contribution in [2.75, 3.05) is 25.5 Å². The Morgan fingerprint density at radius 1 is 0.846 bits per heavy atom. The standard InChI is InChI=1S/C17H23N3O4S2/c1-4-20(13-14-5-7-15(8-6-14)19(2)3)26(23,24)17-11-9-16(10-12-17)25(18,21)22/h5-12H,4,13H2,1-3H3,(H2,18,21,22). The Bertz CT molecular complexity index is 952. The average molecular weight is 398 g/mol. The second-order valence-electron chi connectivity index (χ2n) is 6.01. The van der Waals surface area contributed by atoms with Crippen molar-refractivity contribution in [2.24, 2.45) is 5.14 Å². The van der Waals surface area contributed by atoms with Crippen LogP contribution in [0.5, 0.6) is 0 Å². The SMILES string of the molecule is CCN(Cc1ccc(N(C)C)cc1)S(=O)(=O)c1ccc(S(N)(=O)=O)cc1. The molecule has 2 rings (SSSR count). The van der Waals surface area contributed by atoms with Gasteiger partial charge in [0.2, 0.25) is 20.0 Å². The molecular formula is C17H23N3O4S2. The van der Waals surface area contributed by atoms with E-state index in [0.717, 1.165) is 11.3 Å². The first-order valence-electron chi connectivity index (χ1n) is 7.95. The highest BCUT2D eigenvalue weighted by Gasteiger charge is 2.23. The van der Waals surface area contributed by atoms with Gasteiger partial charge in [0.25, 0.3) is 0 Å². The molecule has 0 fully saturated rings. The second-order valence-corrected chi connectivity index (χ2v) is 9.51. The molecule has 0 aliphatic carbocycles. The zero-order valence-corrected chi connectivity index (χ0v) is 16.6. The number of rotatable bonds is 7. The largest absolute Gasteiger partial charge is 0.378 e. The first kappa shape index (κ1) is 20.4. The number of primary sulfonamides is 1. The zero-order chi connectivity index (χ0) is 19.5. The molecule has 0 atom stereocenters. The molecule has 0 heterocycles. The van der Waals surface area contributed by atoms with Crippen LogP contribution in [-0.4, -0.2) is 41.8 Å². The van der Waals surface area contributed by atoms with Gasteiger partial charge in [-0.3, -0.25) is 0 Å². The Morgan fingerprint density at radius 3 is 1.77 bits per heavy atom. The number of hydrogen-bond donors (Lipinski definition) is 1. The van der Waals surface area contributed by atoms with Crippen molar-refractivity contribution in [3.05, 3.63) is 54.1 Å². The summed E-state index contributed by atoms with van der Waals surface area (Å²) in [5, 5.41) is 5.05. The van der Waals surface area contributed by atoms with Gasteiger partial charge in [-0.05, 0) is 42.0 Å². The number of hydrogen-bond acceptors (Lipinski definition) is 5. The Morgan fingerprint density at radius 2 is 1.35 bits per heavy atom. The molecule has 2 N–H and O–H groups in total.